The number of amides is 2. The van der Waals surface area contributed by atoms with E-state index < -0.39 is 0 Å². The molecule has 2 aromatic carbocycles. The van der Waals surface area contributed by atoms with Crippen molar-refractivity contribution in [2.75, 3.05) is 11.9 Å². The number of carbonyl (C=O) groups excluding carboxylic acids is 1. The van der Waals surface area contributed by atoms with Crippen LogP contribution in [0.2, 0.25) is 0 Å². The second kappa shape index (κ2) is 6.50. The van der Waals surface area contributed by atoms with Gasteiger partial charge in [-0.3, -0.25) is 0 Å². The number of anilines is 1. The van der Waals surface area contributed by atoms with Crippen LogP contribution in [0.4, 0.5) is 14.9 Å². The molecule has 0 fully saturated rings. The van der Waals surface area contributed by atoms with Crippen LogP contribution < -0.4 is 5.32 Å². The van der Waals surface area contributed by atoms with Crippen LogP contribution in [0.5, 0.6) is 0 Å². The minimum atomic E-state index is -0.287. The highest BCUT2D eigenvalue weighted by Gasteiger charge is 2.28. The summed E-state index contributed by atoms with van der Waals surface area (Å²) in [5, 5.41) is 8.61. The maximum atomic E-state index is 13.0. The van der Waals surface area contributed by atoms with Gasteiger partial charge in [0.1, 0.15) is 5.82 Å². The van der Waals surface area contributed by atoms with Gasteiger partial charge in [-0.05, 0) is 42.0 Å². The van der Waals surface area contributed by atoms with Crippen LogP contribution in [-0.4, -0.2) is 23.3 Å². The highest BCUT2D eigenvalue weighted by atomic mass is 79.9. The summed E-state index contributed by atoms with van der Waals surface area (Å²) in [6, 6.07) is 13.2. The highest BCUT2D eigenvalue weighted by molar-refractivity contribution is 9.10. The van der Waals surface area contributed by atoms with Crippen LogP contribution >= 0.6 is 15.9 Å². The van der Waals surface area contributed by atoms with E-state index in [0.29, 0.717) is 12.2 Å². The minimum absolute atomic E-state index is 0.0936. The van der Waals surface area contributed by atoms with E-state index in [1.165, 1.54) is 17.1 Å². The van der Waals surface area contributed by atoms with Crippen LogP contribution in [0.15, 0.2) is 58.1 Å². The van der Waals surface area contributed by atoms with Gasteiger partial charge in [-0.2, -0.15) is 5.10 Å². The molecule has 0 spiro atoms. The number of nitrogens with one attached hydrogen (secondary N) is 1. The molecule has 1 unspecified atom stereocenters. The molecule has 118 valence electrons. The lowest BCUT2D eigenvalue weighted by atomic mass is 9.99. The van der Waals surface area contributed by atoms with Crippen molar-refractivity contribution in [3.8, 4) is 0 Å². The number of hydrazone groups is 1. The molecule has 1 aliphatic rings. The Hall–Kier alpha value is -2.21. The van der Waals surface area contributed by atoms with Gasteiger partial charge in [0.25, 0.3) is 0 Å². The Labute approximate surface area is 142 Å². The van der Waals surface area contributed by atoms with Gasteiger partial charge < -0.3 is 5.32 Å². The molecular formula is C17H15BrFN3O. The molecule has 2 amide bonds. The third-order valence-electron chi connectivity index (χ3n) is 3.61. The molecule has 2 aromatic rings. The molecule has 0 saturated heterocycles. The predicted octanol–water partition coefficient (Wildman–Crippen LogP) is 4.48. The lowest BCUT2D eigenvalue weighted by Crippen LogP contribution is -2.30. The van der Waals surface area contributed by atoms with Crippen LogP contribution in [0.3, 0.4) is 0 Å². The van der Waals surface area contributed by atoms with E-state index in [1.54, 1.807) is 12.1 Å². The molecule has 1 atom stereocenters. The number of carbonyl (C=O) groups is 1. The average Bonchev–Trinajstić information content (AvgIpc) is 2.92. The standard InChI is InChI=1S/C17H15BrFN3O/c1-11-10-22(17(23)20-15-8-4-13(18)5-9-15)21-16(11)12-2-6-14(19)7-3-12/h2-9,11H,10H2,1H3,(H,20,23). The predicted molar refractivity (Wildman–Crippen MR) is 92.0 cm³/mol. The fourth-order valence-electron chi connectivity index (χ4n) is 2.43. The van der Waals surface area contributed by atoms with E-state index in [1.807, 2.05) is 31.2 Å². The topological polar surface area (TPSA) is 44.7 Å². The zero-order chi connectivity index (χ0) is 16.4. The zero-order valence-corrected chi connectivity index (χ0v) is 14.0. The maximum Gasteiger partial charge on any atom is 0.342 e. The van der Waals surface area contributed by atoms with Gasteiger partial charge in [-0.25, -0.2) is 14.2 Å². The van der Waals surface area contributed by atoms with Crippen molar-refractivity contribution in [3.05, 3.63) is 64.4 Å². The number of hydrogen-bond acceptors (Lipinski definition) is 2. The number of halogens is 2. The van der Waals surface area contributed by atoms with Crippen molar-refractivity contribution in [2.45, 2.75) is 6.92 Å². The Bertz CT molecular complexity index is 743. The first-order chi connectivity index (χ1) is 11.0. The smallest absolute Gasteiger partial charge is 0.306 e. The Morgan fingerprint density at radius 3 is 2.52 bits per heavy atom. The van der Waals surface area contributed by atoms with E-state index in [9.17, 15) is 9.18 Å². The fourth-order valence-corrected chi connectivity index (χ4v) is 2.69. The molecule has 0 aliphatic carbocycles. The number of rotatable bonds is 2. The molecule has 0 radical (unpaired) electrons. The van der Waals surface area contributed by atoms with E-state index in [0.717, 1.165) is 15.7 Å². The summed E-state index contributed by atoms with van der Waals surface area (Å²) >= 11 is 3.35. The van der Waals surface area contributed by atoms with Gasteiger partial charge in [0.05, 0.1) is 12.3 Å². The van der Waals surface area contributed by atoms with Gasteiger partial charge in [-0.1, -0.05) is 35.0 Å². The summed E-state index contributed by atoms with van der Waals surface area (Å²) in [5.74, 6) is -0.194. The zero-order valence-electron chi connectivity index (χ0n) is 12.5. The van der Waals surface area contributed by atoms with Crippen LogP contribution in [0, 0.1) is 11.7 Å². The van der Waals surface area contributed by atoms with Gasteiger partial charge in [0, 0.05) is 16.1 Å². The quantitative estimate of drug-likeness (QED) is 0.826. The molecular weight excluding hydrogens is 361 g/mol. The van der Waals surface area contributed by atoms with Crippen molar-refractivity contribution in [2.24, 2.45) is 11.0 Å². The van der Waals surface area contributed by atoms with E-state index in [-0.39, 0.29) is 17.8 Å². The SMILES string of the molecule is CC1CN(C(=O)Nc2ccc(Br)cc2)N=C1c1ccc(F)cc1. The molecule has 0 aromatic heterocycles. The third kappa shape index (κ3) is 3.59. The number of nitrogens with zero attached hydrogens (tertiary/aromatic N) is 2. The molecule has 0 bridgehead atoms. The molecule has 1 aliphatic heterocycles. The van der Waals surface area contributed by atoms with Crippen molar-refractivity contribution in [3.63, 3.8) is 0 Å². The minimum Gasteiger partial charge on any atom is -0.306 e. The first kappa shape index (κ1) is 15.7. The molecule has 1 heterocycles. The van der Waals surface area contributed by atoms with Crippen molar-refractivity contribution in [1.29, 1.82) is 0 Å². The average molecular weight is 376 g/mol. The summed E-state index contributed by atoms with van der Waals surface area (Å²) in [6.07, 6.45) is 0. The molecule has 3 rings (SSSR count). The van der Waals surface area contributed by atoms with E-state index in [2.05, 4.69) is 26.3 Å². The Morgan fingerprint density at radius 2 is 1.87 bits per heavy atom. The fraction of sp³-hybridized carbons (Fsp3) is 0.176. The van der Waals surface area contributed by atoms with E-state index >= 15 is 0 Å². The monoisotopic (exact) mass is 375 g/mol. The molecule has 6 heteroatoms. The Morgan fingerprint density at radius 1 is 1.22 bits per heavy atom. The first-order valence-electron chi connectivity index (χ1n) is 7.21. The second-order valence-corrected chi connectivity index (χ2v) is 6.33. The number of hydrogen-bond donors (Lipinski definition) is 1. The van der Waals surface area contributed by atoms with Gasteiger partial charge in [0.15, 0.2) is 0 Å². The third-order valence-corrected chi connectivity index (χ3v) is 4.14. The normalized spacial score (nSPS) is 17.1. The largest absolute Gasteiger partial charge is 0.342 e. The van der Waals surface area contributed by atoms with Gasteiger partial charge in [-0.15, -0.1) is 0 Å². The summed E-state index contributed by atoms with van der Waals surface area (Å²) in [4.78, 5) is 12.3. The van der Waals surface area contributed by atoms with Crippen LogP contribution in [0.25, 0.3) is 0 Å². The number of urea groups is 1. The molecule has 23 heavy (non-hydrogen) atoms. The van der Waals surface area contributed by atoms with Gasteiger partial charge in [0.2, 0.25) is 0 Å². The summed E-state index contributed by atoms with van der Waals surface area (Å²) < 4.78 is 14.0. The highest BCUT2D eigenvalue weighted by Crippen LogP contribution is 2.21. The van der Waals surface area contributed by atoms with Crippen LogP contribution in [0.1, 0.15) is 12.5 Å². The lowest BCUT2D eigenvalue weighted by molar-refractivity contribution is 0.216. The van der Waals surface area contributed by atoms with Crippen molar-refractivity contribution >= 4 is 33.4 Å². The Kier molecular flexibility index (Phi) is 4.43. The van der Waals surface area contributed by atoms with Crippen molar-refractivity contribution < 1.29 is 9.18 Å². The number of benzene rings is 2. The summed E-state index contributed by atoms with van der Waals surface area (Å²) in [5.41, 5.74) is 2.32. The molecule has 4 nitrogen and oxygen atoms in total. The lowest BCUT2D eigenvalue weighted by Gasteiger charge is -2.13. The maximum absolute atomic E-state index is 13.0. The Balaban J connectivity index is 1.74. The van der Waals surface area contributed by atoms with Gasteiger partial charge >= 0.3 is 6.03 Å². The summed E-state index contributed by atoms with van der Waals surface area (Å²) in [7, 11) is 0. The molecule has 0 saturated carbocycles. The van der Waals surface area contributed by atoms with Crippen molar-refractivity contribution in [1.82, 2.24) is 5.01 Å². The van der Waals surface area contributed by atoms with E-state index in [4.69, 9.17) is 0 Å². The molecule has 1 N–H and O–H groups in total. The van der Waals surface area contributed by atoms with Crippen LogP contribution in [-0.2, 0) is 0 Å². The first-order valence-corrected chi connectivity index (χ1v) is 8.01. The summed E-state index contributed by atoms with van der Waals surface area (Å²) in [6.45, 7) is 2.49. The second-order valence-electron chi connectivity index (χ2n) is 5.41.